The Balaban J connectivity index is 2.05. The minimum atomic E-state index is -3.41. The Hall–Kier alpha value is -0.440. The maximum absolute atomic E-state index is 12.4. The summed E-state index contributed by atoms with van der Waals surface area (Å²) in [4.78, 5) is 9.19. The molecule has 1 aromatic heterocycles. The van der Waals surface area contributed by atoms with Crippen LogP contribution in [-0.4, -0.2) is 65.6 Å². The van der Waals surface area contributed by atoms with Gasteiger partial charge in [-0.05, 0) is 0 Å². The van der Waals surface area contributed by atoms with Crippen LogP contribution in [0.2, 0.25) is 0 Å². The maximum Gasteiger partial charge on any atom is 0.260 e. The smallest absolute Gasteiger partial charge is 0.260 e. The van der Waals surface area contributed by atoms with Crippen molar-refractivity contribution in [3.05, 3.63) is 12.0 Å². The Bertz CT molecular complexity index is 509. The molecular weight excluding hydrogens is 332 g/mol. The summed E-state index contributed by atoms with van der Waals surface area (Å²) in [6, 6.07) is 0. The predicted molar refractivity (Wildman–Crippen MR) is 77.0 cm³/mol. The van der Waals surface area contributed by atoms with Crippen LogP contribution in [0.1, 0.15) is 12.7 Å². The Morgan fingerprint density at radius 3 is 2.58 bits per heavy atom. The van der Waals surface area contributed by atoms with Crippen molar-refractivity contribution >= 4 is 26.0 Å². The van der Waals surface area contributed by atoms with Crippen LogP contribution in [0, 0.1) is 0 Å². The number of aromatic amines is 1. The van der Waals surface area contributed by atoms with Crippen LogP contribution >= 0.6 is 15.9 Å². The Kier molecular flexibility index (Phi) is 4.99. The molecule has 0 unspecified atom stereocenters. The van der Waals surface area contributed by atoms with Crippen LogP contribution in [-0.2, 0) is 16.4 Å². The monoisotopic (exact) mass is 350 g/mol. The van der Waals surface area contributed by atoms with Crippen LogP contribution in [0.15, 0.2) is 11.2 Å². The van der Waals surface area contributed by atoms with Gasteiger partial charge in [0, 0.05) is 44.5 Å². The van der Waals surface area contributed by atoms with E-state index in [1.54, 1.807) is 0 Å². The average molecular weight is 351 g/mol. The fourth-order valence-corrected chi connectivity index (χ4v) is 3.96. The van der Waals surface area contributed by atoms with E-state index in [0.717, 1.165) is 25.0 Å². The summed E-state index contributed by atoms with van der Waals surface area (Å²) in [6.45, 7) is 5.52. The lowest BCUT2D eigenvalue weighted by molar-refractivity contribution is 0.198. The van der Waals surface area contributed by atoms with Gasteiger partial charge in [0.2, 0.25) is 0 Å². The highest BCUT2D eigenvalue weighted by Gasteiger charge is 2.29. The lowest BCUT2D eigenvalue weighted by atomic mass is 10.4. The molecule has 1 N–H and O–H groups in total. The molecule has 19 heavy (non-hydrogen) atoms. The van der Waals surface area contributed by atoms with Gasteiger partial charge in [-0.25, -0.2) is 13.4 Å². The number of hydrogen-bond donors (Lipinski definition) is 1. The predicted octanol–water partition coefficient (Wildman–Crippen LogP) is 0.673. The molecular formula is C11H19BrN4O2S. The Labute approximate surface area is 122 Å². The molecule has 0 aliphatic carbocycles. The van der Waals surface area contributed by atoms with Crippen LogP contribution in [0.5, 0.6) is 0 Å². The minimum Gasteiger partial charge on any atom is -0.332 e. The molecule has 0 bridgehead atoms. The highest BCUT2D eigenvalue weighted by molar-refractivity contribution is 9.09. The molecule has 1 aliphatic rings. The lowest BCUT2D eigenvalue weighted by Crippen LogP contribution is -2.49. The molecule has 0 amide bonds. The number of nitrogens with zero attached hydrogens (tertiary/aromatic N) is 3. The highest BCUT2D eigenvalue weighted by Crippen LogP contribution is 2.16. The van der Waals surface area contributed by atoms with Crippen LogP contribution < -0.4 is 0 Å². The van der Waals surface area contributed by atoms with Gasteiger partial charge < -0.3 is 4.98 Å². The molecule has 1 saturated heterocycles. The second-order valence-corrected chi connectivity index (χ2v) is 7.18. The largest absolute Gasteiger partial charge is 0.332 e. The average Bonchev–Trinajstić information content (AvgIpc) is 2.89. The topological polar surface area (TPSA) is 69.3 Å². The van der Waals surface area contributed by atoms with Gasteiger partial charge in [-0.15, -0.1) is 0 Å². The van der Waals surface area contributed by atoms with Crippen molar-refractivity contribution in [1.82, 2.24) is 19.2 Å². The molecule has 0 spiro atoms. The first kappa shape index (κ1) is 15.0. The van der Waals surface area contributed by atoms with Gasteiger partial charge in [-0.1, -0.05) is 22.9 Å². The normalized spacial score (nSPS) is 18.8. The molecule has 2 rings (SSSR count). The van der Waals surface area contributed by atoms with Gasteiger partial charge in [-0.2, -0.15) is 4.31 Å². The summed E-state index contributed by atoms with van der Waals surface area (Å²) in [7, 11) is -3.41. The maximum atomic E-state index is 12.4. The third-order valence-electron chi connectivity index (χ3n) is 3.29. The zero-order chi connectivity index (χ0) is 13.9. The van der Waals surface area contributed by atoms with Crippen molar-refractivity contribution in [2.45, 2.75) is 18.4 Å². The fraction of sp³-hybridized carbons (Fsp3) is 0.727. The summed E-state index contributed by atoms with van der Waals surface area (Å²) >= 11 is 3.40. The number of alkyl halides is 1. The van der Waals surface area contributed by atoms with Crippen molar-refractivity contribution < 1.29 is 8.42 Å². The fourth-order valence-electron chi connectivity index (χ4n) is 2.11. The van der Waals surface area contributed by atoms with Crippen molar-refractivity contribution in [3.8, 4) is 0 Å². The molecule has 108 valence electrons. The van der Waals surface area contributed by atoms with Crippen molar-refractivity contribution in [2.24, 2.45) is 0 Å². The zero-order valence-corrected chi connectivity index (χ0v) is 13.4. The van der Waals surface area contributed by atoms with E-state index in [4.69, 9.17) is 0 Å². The van der Waals surface area contributed by atoms with Gasteiger partial charge in [0.1, 0.15) is 5.82 Å². The molecule has 2 heterocycles. The second kappa shape index (κ2) is 6.34. The standard InChI is InChI=1S/C11H19BrN4O2S/c1-2-10-13-9-11(14-10)19(17,18)16-7-5-15(4-3-12)6-8-16/h9H,2-8H2,1H3,(H,13,14). The van der Waals surface area contributed by atoms with Crippen molar-refractivity contribution in [3.63, 3.8) is 0 Å². The number of halogens is 1. The molecule has 0 aromatic carbocycles. The first-order valence-corrected chi connectivity index (χ1v) is 8.96. The summed E-state index contributed by atoms with van der Waals surface area (Å²) in [5.74, 6) is 0.705. The van der Waals surface area contributed by atoms with Gasteiger partial charge in [-0.3, -0.25) is 4.90 Å². The van der Waals surface area contributed by atoms with E-state index >= 15 is 0 Å². The van der Waals surface area contributed by atoms with E-state index < -0.39 is 10.0 Å². The number of sulfonamides is 1. The molecule has 6 nitrogen and oxygen atoms in total. The lowest BCUT2D eigenvalue weighted by Gasteiger charge is -2.33. The van der Waals surface area contributed by atoms with E-state index in [1.165, 1.54) is 10.5 Å². The van der Waals surface area contributed by atoms with E-state index in [-0.39, 0.29) is 5.03 Å². The van der Waals surface area contributed by atoms with E-state index in [1.807, 2.05) is 6.92 Å². The number of piperazine rings is 1. The molecule has 1 aromatic rings. The number of H-pyrrole nitrogens is 1. The molecule has 1 fully saturated rings. The zero-order valence-electron chi connectivity index (χ0n) is 11.0. The van der Waals surface area contributed by atoms with Gasteiger partial charge in [0.05, 0.1) is 6.20 Å². The van der Waals surface area contributed by atoms with Crippen LogP contribution in [0.4, 0.5) is 0 Å². The van der Waals surface area contributed by atoms with Crippen LogP contribution in [0.25, 0.3) is 0 Å². The highest BCUT2D eigenvalue weighted by atomic mass is 79.9. The number of aromatic nitrogens is 2. The Morgan fingerprint density at radius 1 is 1.37 bits per heavy atom. The molecule has 8 heteroatoms. The molecule has 1 aliphatic heterocycles. The van der Waals surface area contributed by atoms with Crippen molar-refractivity contribution in [2.75, 3.05) is 38.1 Å². The number of imidazole rings is 1. The SMILES string of the molecule is CCc1ncc(S(=O)(=O)N2CCN(CCBr)CC2)[nH]1. The van der Waals surface area contributed by atoms with Gasteiger partial charge in [0.15, 0.2) is 5.03 Å². The second-order valence-electron chi connectivity index (χ2n) is 4.48. The van der Waals surface area contributed by atoms with Gasteiger partial charge in [0.25, 0.3) is 10.0 Å². The van der Waals surface area contributed by atoms with Gasteiger partial charge >= 0.3 is 0 Å². The van der Waals surface area contributed by atoms with E-state index in [9.17, 15) is 8.42 Å². The quantitative estimate of drug-likeness (QED) is 0.792. The molecule has 0 saturated carbocycles. The summed E-state index contributed by atoms with van der Waals surface area (Å²) in [5, 5.41) is 1.12. The summed E-state index contributed by atoms with van der Waals surface area (Å²) < 4.78 is 26.3. The summed E-state index contributed by atoms with van der Waals surface area (Å²) in [6.07, 6.45) is 2.12. The summed E-state index contributed by atoms with van der Waals surface area (Å²) in [5.41, 5.74) is 0. The number of rotatable bonds is 5. The third-order valence-corrected chi connectivity index (χ3v) is 5.45. The minimum absolute atomic E-state index is 0.207. The molecule has 0 atom stereocenters. The number of nitrogens with one attached hydrogen (secondary N) is 1. The Morgan fingerprint density at radius 2 is 2.05 bits per heavy atom. The first-order valence-electron chi connectivity index (χ1n) is 6.40. The number of hydrogen-bond acceptors (Lipinski definition) is 4. The number of aryl methyl sites for hydroxylation is 1. The van der Waals surface area contributed by atoms with Crippen molar-refractivity contribution in [1.29, 1.82) is 0 Å². The first-order chi connectivity index (χ1) is 9.07. The van der Waals surface area contributed by atoms with E-state index in [2.05, 4.69) is 30.8 Å². The third kappa shape index (κ3) is 3.36. The van der Waals surface area contributed by atoms with Crippen LogP contribution in [0.3, 0.4) is 0 Å². The molecule has 0 radical (unpaired) electrons. The van der Waals surface area contributed by atoms with E-state index in [0.29, 0.717) is 25.3 Å².